The highest BCUT2D eigenvalue weighted by atomic mass is 16.3. The van der Waals surface area contributed by atoms with E-state index in [0.29, 0.717) is 40.6 Å². The summed E-state index contributed by atoms with van der Waals surface area (Å²) in [5.41, 5.74) is 1.37. The lowest BCUT2D eigenvalue weighted by atomic mass is 9.29. The molecule has 2 nitrogen and oxygen atoms in total. The highest BCUT2D eigenvalue weighted by molar-refractivity contribution is 5.23. The molecule has 2 N–H and O–H groups in total. The Kier molecular flexibility index (Phi) is 5.02. The third-order valence-electron chi connectivity index (χ3n) is 14.0. The molecule has 182 valence electrons. The summed E-state index contributed by atoms with van der Waals surface area (Å²) in [7, 11) is 0. The highest BCUT2D eigenvalue weighted by Crippen LogP contribution is 2.80. The van der Waals surface area contributed by atoms with Gasteiger partial charge < -0.3 is 10.2 Å². The first-order valence-corrected chi connectivity index (χ1v) is 13.8. The van der Waals surface area contributed by atoms with Crippen LogP contribution in [0.1, 0.15) is 106 Å². The van der Waals surface area contributed by atoms with E-state index in [0.717, 1.165) is 12.3 Å². The van der Waals surface area contributed by atoms with Gasteiger partial charge in [0.1, 0.15) is 0 Å². The van der Waals surface area contributed by atoms with Crippen LogP contribution in [0.3, 0.4) is 0 Å². The van der Waals surface area contributed by atoms with Crippen molar-refractivity contribution in [3.8, 4) is 0 Å². The van der Waals surface area contributed by atoms with Gasteiger partial charge in [0.05, 0.1) is 6.10 Å². The Morgan fingerprint density at radius 1 is 0.781 bits per heavy atom. The van der Waals surface area contributed by atoms with Gasteiger partial charge in [0, 0.05) is 6.61 Å². The van der Waals surface area contributed by atoms with Crippen molar-refractivity contribution in [1.29, 1.82) is 0 Å². The molecule has 5 saturated carbocycles. The number of allylic oxidation sites excluding steroid dienone is 1. The van der Waals surface area contributed by atoms with Gasteiger partial charge in [-0.25, -0.2) is 0 Å². The van der Waals surface area contributed by atoms with E-state index in [2.05, 4.69) is 54.2 Å². The van der Waals surface area contributed by atoms with E-state index >= 15 is 0 Å². The average Bonchev–Trinajstić information content (AvgIpc) is 3.13. The summed E-state index contributed by atoms with van der Waals surface area (Å²) in [4.78, 5) is 0. The van der Waals surface area contributed by atoms with Crippen LogP contribution < -0.4 is 0 Å². The summed E-state index contributed by atoms with van der Waals surface area (Å²) in [6, 6.07) is 0. The Hall–Kier alpha value is -0.340. The van der Waals surface area contributed by atoms with Gasteiger partial charge >= 0.3 is 0 Å². The smallest absolute Gasteiger partial charge is 0.0594 e. The molecule has 0 aromatic carbocycles. The van der Waals surface area contributed by atoms with Crippen LogP contribution in [0.2, 0.25) is 0 Å². The number of hydrogen-bond donors (Lipinski definition) is 2. The van der Waals surface area contributed by atoms with Gasteiger partial charge in [-0.15, -0.1) is 6.58 Å². The molecule has 0 radical (unpaired) electrons. The second kappa shape index (κ2) is 6.87. The van der Waals surface area contributed by atoms with Crippen molar-refractivity contribution in [1.82, 2.24) is 0 Å². The van der Waals surface area contributed by atoms with Crippen LogP contribution in [0, 0.1) is 56.2 Å². The van der Waals surface area contributed by atoms with Gasteiger partial charge in [0.2, 0.25) is 0 Å². The first kappa shape index (κ1) is 23.4. The van der Waals surface area contributed by atoms with Crippen LogP contribution in [0.4, 0.5) is 0 Å². The van der Waals surface area contributed by atoms with Gasteiger partial charge in [-0.2, -0.15) is 0 Å². The van der Waals surface area contributed by atoms with E-state index < -0.39 is 0 Å². The second-order valence-electron chi connectivity index (χ2n) is 14.7. The van der Waals surface area contributed by atoms with Gasteiger partial charge in [0.15, 0.2) is 0 Å². The number of aliphatic hydroxyl groups excluding tert-OH is 2. The summed E-state index contributed by atoms with van der Waals surface area (Å²) in [6.45, 7) is 19.9. The minimum absolute atomic E-state index is 0.0218. The molecule has 2 heteroatoms. The van der Waals surface area contributed by atoms with Crippen molar-refractivity contribution in [2.45, 2.75) is 112 Å². The number of rotatable bonds is 2. The molecule has 0 aromatic rings. The maximum atomic E-state index is 10.9. The fourth-order valence-corrected chi connectivity index (χ4v) is 12.0. The third-order valence-corrected chi connectivity index (χ3v) is 14.0. The lowest BCUT2D eigenvalue weighted by molar-refractivity contribution is -0.279. The molecule has 0 spiro atoms. The molecule has 0 heterocycles. The molecule has 32 heavy (non-hydrogen) atoms. The Balaban J connectivity index is 1.59. The van der Waals surface area contributed by atoms with E-state index in [1.54, 1.807) is 0 Å². The highest BCUT2D eigenvalue weighted by Gasteiger charge is 2.74. The minimum Gasteiger partial charge on any atom is -0.396 e. The molecule has 0 aliphatic heterocycles. The molecular formula is C30H50O2. The summed E-state index contributed by atoms with van der Waals surface area (Å²) in [5.74, 6) is 2.49. The maximum absolute atomic E-state index is 10.9. The van der Waals surface area contributed by atoms with Gasteiger partial charge in [-0.1, -0.05) is 47.6 Å². The Morgan fingerprint density at radius 3 is 2.09 bits per heavy atom. The molecular weight excluding hydrogens is 392 g/mol. The van der Waals surface area contributed by atoms with Crippen LogP contribution in [-0.2, 0) is 0 Å². The van der Waals surface area contributed by atoms with E-state index in [-0.39, 0.29) is 22.3 Å². The summed E-state index contributed by atoms with van der Waals surface area (Å²) >= 11 is 0. The molecule has 0 aromatic heterocycles. The van der Waals surface area contributed by atoms with Crippen LogP contribution in [-0.4, -0.2) is 22.9 Å². The Bertz CT molecular complexity index is 788. The first-order valence-electron chi connectivity index (χ1n) is 13.8. The summed E-state index contributed by atoms with van der Waals surface area (Å²) in [6.07, 6.45) is 14.3. The van der Waals surface area contributed by atoms with Crippen LogP contribution in [0.25, 0.3) is 0 Å². The van der Waals surface area contributed by atoms with Crippen LogP contribution in [0.15, 0.2) is 12.7 Å². The molecule has 5 fully saturated rings. The molecule has 5 aliphatic carbocycles. The normalized spacial score (nSPS) is 58.8. The van der Waals surface area contributed by atoms with Gasteiger partial charge in [-0.3, -0.25) is 0 Å². The SMILES string of the molecule is C=CC1CCC2(CO)CCC3(C)C(C)(CCC4C5(C)CCC(O)C(C)(C)C5CCC43C)C12. The average molecular weight is 443 g/mol. The molecule has 5 aliphatic rings. The zero-order valence-corrected chi connectivity index (χ0v) is 21.8. The van der Waals surface area contributed by atoms with E-state index in [4.69, 9.17) is 0 Å². The lowest BCUT2D eigenvalue weighted by Gasteiger charge is -2.76. The van der Waals surface area contributed by atoms with E-state index in [1.807, 2.05) is 0 Å². The van der Waals surface area contributed by atoms with Crippen molar-refractivity contribution < 1.29 is 10.2 Å². The first-order chi connectivity index (χ1) is 14.9. The summed E-state index contributed by atoms with van der Waals surface area (Å²) < 4.78 is 0. The Morgan fingerprint density at radius 2 is 1.44 bits per heavy atom. The zero-order chi connectivity index (χ0) is 23.4. The lowest BCUT2D eigenvalue weighted by Crippen LogP contribution is -2.69. The van der Waals surface area contributed by atoms with Crippen molar-refractivity contribution >= 4 is 0 Å². The summed E-state index contributed by atoms with van der Waals surface area (Å²) in [5, 5.41) is 21.6. The Labute approximate surface area is 197 Å². The predicted octanol–water partition coefficient (Wildman–Crippen LogP) is 7.00. The zero-order valence-electron chi connectivity index (χ0n) is 21.8. The minimum atomic E-state index is -0.152. The second-order valence-corrected chi connectivity index (χ2v) is 14.7. The van der Waals surface area contributed by atoms with Crippen LogP contribution in [0.5, 0.6) is 0 Å². The molecule has 10 unspecified atom stereocenters. The monoisotopic (exact) mass is 442 g/mol. The maximum Gasteiger partial charge on any atom is 0.0594 e. The standard InChI is InChI=1S/C30H50O2/c1-8-20-9-16-30(19-31)18-17-29(7)27(5)14-10-21-25(2,3)23(32)12-13-26(21,4)22(27)11-15-28(29,6)24(20)30/h8,20-24,31-32H,1,9-19H2,2-7H3. The molecule has 0 amide bonds. The number of fused-ring (bicyclic) bond motifs is 7. The largest absolute Gasteiger partial charge is 0.396 e. The van der Waals surface area contributed by atoms with Crippen molar-refractivity contribution in [3.63, 3.8) is 0 Å². The van der Waals surface area contributed by atoms with Crippen molar-refractivity contribution in [2.24, 2.45) is 56.2 Å². The molecule has 5 rings (SSSR count). The molecule has 0 bridgehead atoms. The van der Waals surface area contributed by atoms with E-state index in [1.165, 1.54) is 57.8 Å². The third kappa shape index (κ3) is 2.45. The van der Waals surface area contributed by atoms with Gasteiger partial charge in [-0.05, 0) is 120 Å². The quantitative estimate of drug-likeness (QED) is 0.452. The van der Waals surface area contributed by atoms with Crippen molar-refractivity contribution in [2.75, 3.05) is 6.61 Å². The predicted molar refractivity (Wildman–Crippen MR) is 132 cm³/mol. The van der Waals surface area contributed by atoms with E-state index in [9.17, 15) is 10.2 Å². The van der Waals surface area contributed by atoms with Crippen LogP contribution >= 0.6 is 0 Å². The number of hydrogen-bond acceptors (Lipinski definition) is 2. The topological polar surface area (TPSA) is 40.5 Å². The molecule has 0 saturated heterocycles. The number of aliphatic hydroxyl groups is 2. The van der Waals surface area contributed by atoms with Crippen molar-refractivity contribution in [3.05, 3.63) is 12.7 Å². The fourth-order valence-electron chi connectivity index (χ4n) is 12.0. The van der Waals surface area contributed by atoms with Gasteiger partial charge in [0.25, 0.3) is 0 Å². The molecule has 10 atom stereocenters. The fraction of sp³-hybridized carbons (Fsp3) is 0.933.